The standard InChI is InChI=1S/C7H14N2S/c8-3-4-9-6-7-2-1-5-10-7/h1-2,7,9H,3-6,8H2. The molecule has 0 spiro atoms. The van der Waals surface area contributed by atoms with E-state index in [1.54, 1.807) is 0 Å². The highest BCUT2D eigenvalue weighted by Gasteiger charge is 2.07. The van der Waals surface area contributed by atoms with Gasteiger partial charge in [-0.3, -0.25) is 0 Å². The van der Waals surface area contributed by atoms with Gasteiger partial charge in [-0.15, -0.1) is 11.8 Å². The van der Waals surface area contributed by atoms with Gasteiger partial charge in [0.2, 0.25) is 0 Å². The molecule has 0 aromatic heterocycles. The van der Waals surface area contributed by atoms with Gasteiger partial charge in [0.15, 0.2) is 0 Å². The minimum absolute atomic E-state index is 0.687. The molecule has 10 heavy (non-hydrogen) atoms. The third-order valence-electron chi connectivity index (χ3n) is 1.42. The molecule has 0 saturated carbocycles. The van der Waals surface area contributed by atoms with Gasteiger partial charge in [0.05, 0.1) is 0 Å². The van der Waals surface area contributed by atoms with E-state index in [-0.39, 0.29) is 0 Å². The second-order valence-corrected chi connectivity index (χ2v) is 3.56. The Morgan fingerprint density at radius 1 is 1.70 bits per heavy atom. The molecule has 3 N–H and O–H groups in total. The number of thioether (sulfide) groups is 1. The Balaban J connectivity index is 1.97. The van der Waals surface area contributed by atoms with Crippen LogP contribution in [0, 0.1) is 0 Å². The number of hydrogen-bond donors (Lipinski definition) is 2. The van der Waals surface area contributed by atoms with Crippen LogP contribution in [-0.4, -0.2) is 30.6 Å². The van der Waals surface area contributed by atoms with Crippen molar-refractivity contribution >= 4 is 11.8 Å². The maximum atomic E-state index is 5.33. The molecule has 0 aromatic rings. The summed E-state index contributed by atoms with van der Waals surface area (Å²) in [5.74, 6) is 1.18. The third-order valence-corrected chi connectivity index (χ3v) is 2.56. The molecule has 0 bridgehead atoms. The first kappa shape index (κ1) is 8.11. The Morgan fingerprint density at radius 2 is 2.60 bits per heavy atom. The van der Waals surface area contributed by atoms with Crippen molar-refractivity contribution in [1.82, 2.24) is 5.32 Å². The normalized spacial score (nSPS) is 23.9. The Kier molecular flexibility index (Phi) is 3.87. The van der Waals surface area contributed by atoms with Crippen molar-refractivity contribution in [3.05, 3.63) is 12.2 Å². The smallest absolute Gasteiger partial charge is 0.0355 e. The monoisotopic (exact) mass is 158 g/mol. The summed E-state index contributed by atoms with van der Waals surface area (Å²) in [6, 6.07) is 0. The number of nitrogens with two attached hydrogens (primary N) is 1. The van der Waals surface area contributed by atoms with E-state index in [1.165, 1.54) is 5.75 Å². The Morgan fingerprint density at radius 3 is 3.20 bits per heavy atom. The first-order valence-electron chi connectivity index (χ1n) is 3.62. The lowest BCUT2D eigenvalue weighted by molar-refractivity contribution is 0.704. The van der Waals surface area contributed by atoms with E-state index in [0.29, 0.717) is 5.25 Å². The van der Waals surface area contributed by atoms with Crippen molar-refractivity contribution in [3.63, 3.8) is 0 Å². The first-order chi connectivity index (χ1) is 4.93. The number of hydrogen-bond acceptors (Lipinski definition) is 3. The summed E-state index contributed by atoms with van der Waals surface area (Å²) < 4.78 is 0. The van der Waals surface area contributed by atoms with Crippen LogP contribution in [-0.2, 0) is 0 Å². The molecule has 0 saturated heterocycles. The van der Waals surface area contributed by atoms with Crippen LogP contribution in [0.3, 0.4) is 0 Å². The van der Waals surface area contributed by atoms with Crippen LogP contribution in [0.15, 0.2) is 12.2 Å². The van der Waals surface area contributed by atoms with Gasteiger partial charge in [0, 0.05) is 30.6 Å². The van der Waals surface area contributed by atoms with E-state index >= 15 is 0 Å². The summed E-state index contributed by atoms with van der Waals surface area (Å²) in [5, 5.41) is 3.97. The third kappa shape index (κ3) is 2.73. The summed E-state index contributed by atoms with van der Waals surface area (Å²) in [5.41, 5.74) is 5.33. The van der Waals surface area contributed by atoms with Gasteiger partial charge in [-0.1, -0.05) is 12.2 Å². The van der Waals surface area contributed by atoms with E-state index in [1.807, 2.05) is 11.8 Å². The van der Waals surface area contributed by atoms with Crippen molar-refractivity contribution in [2.45, 2.75) is 5.25 Å². The van der Waals surface area contributed by atoms with Crippen LogP contribution in [0.4, 0.5) is 0 Å². The molecular weight excluding hydrogens is 144 g/mol. The minimum atomic E-state index is 0.687. The molecule has 0 aromatic carbocycles. The number of rotatable bonds is 4. The Bertz CT molecular complexity index is 114. The average molecular weight is 158 g/mol. The van der Waals surface area contributed by atoms with Crippen molar-refractivity contribution in [1.29, 1.82) is 0 Å². The predicted octanol–water partition coefficient (Wildman–Crippen LogP) is 0.206. The molecule has 1 aliphatic rings. The molecule has 3 heteroatoms. The summed E-state index contributed by atoms with van der Waals surface area (Å²) in [7, 11) is 0. The van der Waals surface area contributed by atoms with E-state index in [9.17, 15) is 0 Å². The molecule has 1 heterocycles. The zero-order valence-corrected chi connectivity index (χ0v) is 6.86. The van der Waals surface area contributed by atoms with Gasteiger partial charge in [0.1, 0.15) is 0 Å². The SMILES string of the molecule is NCCNCC1C=CCS1. The summed E-state index contributed by atoms with van der Waals surface area (Å²) in [6.07, 6.45) is 4.48. The van der Waals surface area contributed by atoms with Gasteiger partial charge in [-0.2, -0.15) is 0 Å². The summed E-state index contributed by atoms with van der Waals surface area (Å²) in [6.45, 7) is 2.74. The van der Waals surface area contributed by atoms with Crippen LogP contribution >= 0.6 is 11.8 Å². The van der Waals surface area contributed by atoms with E-state index in [2.05, 4.69) is 17.5 Å². The molecule has 2 nitrogen and oxygen atoms in total. The lowest BCUT2D eigenvalue weighted by Gasteiger charge is -2.06. The van der Waals surface area contributed by atoms with Crippen molar-refractivity contribution in [3.8, 4) is 0 Å². The molecule has 0 radical (unpaired) electrons. The second kappa shape index (κ2) is 4.77. The lowest BCUT2D eigenvalue weighted by atomic mass is 10.4. The van der Waals surface area contributed by atoms with E-state index in [4.69, 9.17) is 5.73 Å². The zero-order chi connectivity index (χ0) is 7.23. The Hall–Kier alpha value is 0.01000. The van der Waals surface area contributed by atoms with Gasteiger partial charge >= 0.3 is 0 Å². The fourth-order valence-electron chi connectivity index (χ4n) is 0.915. The molecule has 58 valence electrons. The maximum absolute atomic E-state index is 5.33. The predicted molar refractivity (Wildman–Crippen MR) is 47.3 cm³/mol. The highest BCUT2D eigenvalue weighted by molar-refractivity contribution is 8.00. The second-order valence-electron chi connectivity index (χ2n) is 2.29. The molecule has 1 aliphatic heterocycles. The van der Waals surface area contributed by atoms with Gasteiger partial charge in [-0.25, -0.2) is 0 Å². The van der Waals surface area contributed by atoms with E-state index < -0.39 is 0 Å². The van der Waals surface area contributed by atoms with E-state index in [0.717, 1.165) is 19.6 Å². The fraction of sp³-hybridized carbons (Fsp3) is 0.714. The van der Waals surface area contributed by atoms with Crippen LogP contribution < -0.4 is 11.1 Å². The maximum Gasteiger partial charge on any atom is 0.0355 e. The topological polar surface area (TPSA) is 38.0 Å². The summed E-state index contributed by atoms with van der Waals surface area (Å²) >= 11 is 1.98. The van der Waals surface area contributed by atoms with Crippen LogP contribution in [0.1, 0.15) is 0 Å². The number of nitrogens with one attached hydrogen (secondary N) is 1. The average Bonchev–Trinajstić information content (AvgIpc) is 2.41. The molecule has 1 rings (SSSR count). The quantitative estimate of drug-likeness (QED) is 0.453. The van der Waals surface area contributed by atoms with Gasteiger partial charge < -0.3 is 11.1 Å². The molecule has 1 atom stereocenters. The molecule has 0 amide bonds. The molecule has 1 unspecified atom stereocenters. The molecular formula is C7H14N2S. The van der Waals surface area contributed by atoms with Crippen LogP contribution in [0.2, 0.25) is 0 Å². The van der Waals surface area contributed by atoms with Crippen LogP contribution in [0.25, 0.3) is 0 Å². The van der Waals surface area contributed by atoms with Gasteiger partial charge in [-0.05, 0) is 0 Å². The Labute approximate surface area is 66.2 Å². The zero-order valence-electron chi connectivity index (χ0n) is 6.05. The van der Waals surface area contributed by atoms with Crippen molar-refractivity contribution in [2.24, 2.45) is 5.73 Å². The lowest BCUT2D eigenvalue weighted by Crippen LogP contribution is -2.27. The van der Waals surface area contributed by atoms with Crippen molar-refractivity contribution < 1.29 is 0 Å². The summed E-state index contributed by atoms with van der Waals surface area (Å²) in [4.78, 5) is 0. The molecule has 0 fully saturated rings. The highest BCUT2D eigenvalue weighted by atomic mass is 32.2. The highest BCUT2D eigenvalue weighted by Crippen LogP contribution is 2.17. The first-order valence-corrected chi connectivity index (χ1v) is 4.67. The van der Waals surface area contributed by atoms with Crippen molar-refractivity contribution in [2.75, 3.05) is 25.4 Å². The minimum Gasteiger partial charge on any atom is -0.329 e. The van der Waals surface area contributed by atoms with Gasteiger partial charge in [0.25, 0.3) is 0 Å². The fourth-order valence-corrected chi connectivity index (χ4v) is 1.84. The molecule has 0 aliphatic carbocycles. The van der Waals surface area contributed by atoms with Crippen LogP contribution in [0.5, 0.6) is 0 Å². The largest absolute Gasteiger partial charge is 0.329 e.